The van der Waals surface area contributed by atoms with Crippen LogP contribution in [0, 0.1) is 5.82 Å². The van der Waals surface area contributed by atoms with Crippen LogP contribution in [0.3, 0.4) is 0 Å². The van der Waals surface area contributed by atoms with Crippen LogP contribution in [0.5, 0.6) is 0 Å². The third kappa shape index (κ3) is 2.38. The topological polar surface area (TPSA) is 62.6 Å². The Labute approximate surface area is 143 Å². The number of nitrogens with zero attached hydrogens (tertiary/aromatic N) is 1. The van der Waals surface area contributed by atoms with Gasteiger partial charge in [-0.1, -0.05) is 36.4 Å². The molecule has 0 unspecified atom stereocenters. The highest BCUT2D eigenvalue weighted by atomic mass is 19.1. The first-order valence-electron chi connectivity index (χ1n) is 7.85. The zero-order valence-electron chi connectivity index (χ0n) is 13.5. The van der Waals surface area contributed by atoms with Gasteiger partial charge in [0.1, 0.15) is 17.2 Å². The van der Waals surface area contributed by atoms with Crippen molar-refractivity contribution in [3.05, 3.63) is 71.7 Å². The Kier molecular flexibility index (Phi) is 3.35. The summed E-state index contributed by atoms with van der Waals surface area (Å²) in [4.78, 5) is 26.2. The van der Waals surface area contributed by atoms with E-state index in [0.29, 0.717) is 11.3 Å². The molecule has 0 bridgehead atoms. The number of amides is 3. The number of furan rings is 1. The molecule has 2 heterocycles. The minimum atomic E-state index is -1.32. The fraction of sp³-hybridized carbons (Fsp3) is 0.158. The quantitative estimate of drug-likeness (QED) is 0.743. The molecule has 5 nitrogen and oxygen atoms in total. The van der Waals surface area contributed by atoms with Crippen molar-refractivity contribution in [3.8, 4) is 0 Å². The first kappa shape index (κ1) is 15.4. The van der Waals surface area contributed by atoms with Gasteiger partial charge in [-0.3, -0.25) is 9.69 Å². The molecule has 1 saturated heterocycles. The summed E-state index contributed by atoms with van der Waals surface area (Å²) in [5, 5.41) is 3.51. The smallest absolute Gasteiger partial charge is 0.325 e. The Morgan fingerprint density at radius 2 is 1.84 bits per heavy atom. The molecule has 0 aliphatic carbocycles. The van der Waals surface area contributed by atoms with Crippen molar-refractivity contribution in [3.63, 3.8) is 0 Å². The Balaban J connectivity index is 1.69. The van der Waals surface area contributed by atoms with Crippen molar-refractivity contribution in [2.24, 2.45) is 0 Å². The molecule has 1 N–H and O–H groups in total. The van der Waals surface area contributed by atoms with Gasteiger partial charge in [0, 0.05) is 10.9 Å². The molecule has 25 heavy (non-hydrogen) atoms. The van der Waals surface area contributed by atoms with Crippen LogP contribution >= 0.6 is 0 Å². The molecule has 2 aromatic carbocycles. The molecular formula is C19H15FN2O3. The maximum absolute atomic E-state index is 13.9. The van der Waals surface area contributed by atoms with E-state index in [1.54, 1.807) is 37.3 Å². The van der Waals surface area contributed by atoms with Gasteiger partial charge in [-0.25, -0.2) is 9.18 Å². The molecule has 1 aliphatic heterocycles. The van der Waals surface area contributed by atoms with Crippen molar-refractivity contribution in [1.29, 1.82) is 0 Å². The van der Waals surface area contributed by atoms with Gasteiger partial charge in [0.05, 0.1) is 6.54 Å². The lowest BCUT2D eigenvalue weighted by Gasteiger charge is -2.19. The van der Waals surface area contributed by atoms with Crippen molar-refractivity contribution >= 4 is 22.9 Å². The average molecular weight is 338 g/mol. The molecule has 3 aromatic rings. The standard InChI is InChI=1S/C19H15FN2O3/c1-19(16-10-12-6-3-5-9-15(12)25-16)17(23)22(18(24)21-19)11-13-7-2-4-8-14(13)20/h2-10H,11H2,1H3,(H,21,24)/t19-/m1/s1. The molecule has 1 aromatic heterocycles. The zero-order valence-corrected chi connectivity index (χ0v) is 13.5. The van der Waals surface area contributed by atoms with Crippen LogP contribution in [0.4, 0.5) is 9.18 Å². The molecule has 6 heteroatoms. The monoisotopic (exact) mass is 338 g/mol. The average Bonchev–Trinajstić information content (AvgIpc) is 3.13. The fourth-order valence-electron chi connectivity index (χ4n) is 3.03. The number of imide groups is 1. The number of fused-ring (bicyclic) bond motifs is 1. The van der Waals surface area contributed by atoms with E-state index in [0.717, 1.165) is 10.3 Å². The minimum Gasteiger partial charge on any atom is -0.458 e. The minimum absolute atomic E-state index is 0.132. The van der Waals surface area contributed by atoms with Crippen molar-refractivity contribution in [2.75, 3.05) is 0 Å². The molecule has 0 spiro atoms. The number of carbonyl (C=O) groups excluding carboxylic acids is 2. The molecule has 0 saturated carbocycles. The largest absolute Gasteiger partial charge is 0.458 e. The fourth-order valence-corrected chi connectivity index (χ4v) is 3.03. The van der Waals surface area contributed by atoms with Crippen LogP contribution in [0.25, 0.3) is 11.0 Å². The molecule has 0 radical (unpaired) electrons. The predicted molar refractivity (Wildman–Crippen MR) is 89.0 cm³/mol. The second-order valence-corrected chi connectivity index (χ2v) is 6.19. The molecule has 3 amide bonds. The van der Waals surface area contributed by atoms with Crippen LogP contribution in [0.2, 0.25) is 0 Å². The van der Waals surface area contributed by atoms with E-state index in [2.05, 4.69) is 5.32 Å². The molecule has 1 aliphatic rings. The first-order chi connectivity index (χ1) is 12.0. The second kappa shape index (κ2) is 5.44. The number of halogens is 1. The van der Waals surface area contributed by atoms with Crippen LogP contribution in [-0.4, -0.2) is 16.8 Å². The Hall–Kier alpha value is -3.15. The number of rotatable bonds is 3. The maximum atomic E-state index is 13.9. The van der Waals surface area contributed by atoms with E-state index in [1.165, 1.54) is 6.07 Å². The summed E-state index contributed by atoms with van der Waals surface area (Å²) in [6, 6.07) is 14.6. The van der Waals surface area contributed by atoms with Crippen LogP contribution in [0.1, 0.15) is 18.2 Å². The molecule has 4 rings (SSSR count). The number of benzene rings is 2. The van der Waals surface area contributed by atoms with Gasteiger partial charge >= 0.3 is 6.03 Å². The third-order valence-corrected chi connectivity index (χ3v) is 4.48. The van der Waals surface area contributed by atoms with Gasteiger partial charge in [0.15, 0.2) is 5.54 Å². The summed E-state index contributed by atoms with van der Waals surface area (Å²) in [5.41, 5.74) is -0.408. The van der Waals surface area contributed by atoms with E-state index >= 15 is 0 Å². The Morgan fingerprint density at radius 1 is 1.12 bits per heavy atom. The normalized spacial score (nSPS) is 20.3. The highest BCUT2D eigenvalue weighted by molar-refractivity contribution is 6.07. The van der Waals surface area contributed by atoms with E-state index in [1.807, 2.05) is 18.2 Å². The van der Waals surface area contributed by atoms with Crippen LogP contribution in [0.15, 0.2) is 59.0 Å². The predicted octanol–water partition coefficient (Wildman–Crippen LogP) is 3.54. The molecule has 1 atom stereocenters. The van der Waals surface area contributed by atoms with Crippen molar-refractivity contribution < 1.29 is 18.4 Å². The van der Waals surface area contributed by atoms with E-state index < -0.39 is 23.3 Å². The molecule has 1 fully saturated rings. The van der Waals surface area contributed by atoms with Gasteiger partial charge in [0.25, 0.3) is 5.91 Å². The molecule has 126 valence electrons. The van der Waals surface area contributed by atoms with Crippen LogP contribution < -0.4 is 5.32 Å². The Morgan fingerprint density at radius 3 is 2.60 bits per heavy atom. The van der Waals surface area contributed by atoms with Crippen molar-refractivity contribution in [1.82, 2.24) is 10.2 Å². The number of hydrogen-bond donors (Lipinski definition) is 1. The highest BCUT2D eigenvalue weighted by Gasteiger charge is 2.51. The van der Waals surface area contributed by atoms with Crippen molar-refractivity contribution in [2.45, 2.75) is 19.0 Å². The number of carbonyl (C=O) groups is 2. The van der Waals surface area contributed by atoms with Gasteiger partial charge in [-0.2, -0.15) is 0 Å². The lowest BCUT2D eigenvalue weighted by atomic mass is 9.98. The Bertz CT molecular complexity index is 964. The van der Waals surface area contributed by atoms with E-state index in [-0.39, 0.29) is 12.1 Å². The maximum Gasteiger partial charge on any atom is 0.325 e. The van der Waals surface area contributed by atoms with E-state index in [4.69, 9.17) is 4.42 Å². The van der Waals surface area contributed by atoms with Gasteiger partial charge < -0.3 is 9.73 Å². The number of para-hydroxylation sites is 1. The van der Waals surface area contributed by atoms with Gasteiger partial charge in [-0.05, 0) is 25.1 Å². The van der Waals surface area contributed by atoms with E-state index in [9.17, 15) is 14.0 Å². The SMILES string of the molecule is C[C@]1(c2cc3ccccc3o2)NC(=O)N(Cc2ccccc2F)C1=O. The third-order valence-electron chi connectivity index (χ3n) is 4.48. The summed E-state index contributed by atoms with van der Waals surface area (Å²) in [6.07, 6.45) is 0. The number of urea groups is 1. The lowest BCUT2D eigenvalue weighted by molar-refractivity contribution is -0.132. The van der Waals surface area contributed by atoms with Crippen LogP contribution in [-0.2, 0) is 16.9 Å². The van der Waals surface area contributed by atoms with Gasteiger partial charge in [-0.15, -0.1) is 0 Å². The highest BCUT2D eigenvalue weighted by Crippen LogP contribution is 2.33. The summed E-state index contributed by atoms with van der Waals surface area (Å²) in [7, 11) is 0. The first-order valence-corrected chi connectivity index (χ1v) is 7.85. The summed E-state index contributed by atoms with van der Waals surface area (Å²) >= 11 is 0. The number of hydrogen-bond acceptors (Lipinski definition) is 3. The summed E-state index contributed by atoms with van der Waals surface area (Å²) in [5.74, 6) is -0.580. The number of nitrogens with one attached hydrogen (secondary N) is 1. The summed E-state index contributed by atoms with van der Waals surface area (Å²) < 4.78 is 19.6. The molecular weight excluding hydrogens is 323 g/mol. The second-order valence-electron chi connectivity index (χ2n) is 6.19. The van der Waals surface area contributed by atoms with Gasteiger partial charge in [0.2, 0.25) is 0 Å². The zero-order chi connectivity index (χ0) is 17.6. The summed E-state index contributed by atoms with van der Waals surface area (Å²) in [6.45, 7) is 1.46. The lowest BCUT2D eigenvalue weighted by Crippen LogP contribution is -2.40.